The minimum Gasteiger partial charge on any atom is -0.356 e. The van der Waals surface area contributed by atoms with Gasteiger partial charge < -0.3 is 10.2 Å². The van der Waals surface area contributed by atoms with Gasteiger partial charge in [0.1, 0.15) is 11.6 Å². The predicted octanol–water partition coefficient (Wildman–Crippen LogP) is 2.59. The van der Waals surface area contributed by atoms with Gasteiger partial charge in [-0.25, -0.2) is 8.78 Å². The number of carbonyl (C=O) groups excluding carboxylic acids is 2. The Morgan fingerprint density at radius 3 is 2.74 bits per heavy atom. The van der Waals surface area contributed by atoms with Gasteiger partial charge in [0.15, 0.2) is 0 Å². The Morgan fingerprint density at radius 2 is 2.09 bits per heavy atom. The standard InChI is InChI=1S/C17H22F2N2O2/c1-11(2)16(22)20-9-12-4-3-7-21(10-12)17(23)14-6-5-13(18)8-15(14)19/h5-6,8,11-12H,3-4,7,9-10H2,1-2H3,(H,20,22)/t12-/m1/s1. The molecular weight excluding hydrogens is 302 g/mol. The Kier molecular flexibility index (Phi) is 5.69. The summed E-state index contributed by atoms with van der Waals surface area (Å²) < 4.78 is 26.7. The number of nitrogens with zero attached hydrogens (tertiary/aromatic N) is 1. The first kappa shape index (κ1) is 17.4. The van der Waals surface area contributed by atoms with E-state index in [1.165, 1.54) is 6.07 Å². The van der Waals surface area contributed by atoms with Crippen LogP contribution in [0.1, 0.15) is 37.0 Å². The maximum Gasteiger partial charge on any atom is 0.256 e. The maximum atomic E-state index is 13.8. The third-order valence-corrected chi connectivity index (χ3v) is 4.06. The highest BCUT2D eigenvalue weighted by Crippen LogP contribution is 2.20. The number of likely N-dealkylation sites (tertiary alicyclic amines) is 1. The van der Waals surface area contributed by atoms with Crippen molar-refractivity contribution in [2.75, 3.05) is 19.6 Å². The fraction of sp³-hybridized carbons (Fsp3) is 0.529. The summed E-state index contributed by atoms with van der Waals surface area (Å²) in [5, 5.41) is 2.87. The lowest BCUT2D eigenvalue weighted by Crippen LogP contribution is -2.44. The number of nitrogens with one attached hydrogen (secondary N) is 1. The van der Waals surface area contributed by atoms with Gasteiger partial charge in [-0.05, 0) is 30.9 Å². The van der Waals surface area contributed by atoms with E-state index in [9.17, 15) is 18.4 Å². The normalized spacial score (nSPS) is 18.1. The fourth-order valence-corrected chi connectivity index (χ4v) is 2.70. The van der Waals surface area contributed by atoms with Gasteiger partial charge in [-0.1, -0.05) is 13.8 Å². The number of hydrogen-bond acceptors (Lipinski definition) is 2. The molecule has 126 valence electrons. The molecule has 1 aromatic rings. The Labute approximate surface area is 134 Å². The molecule has 1 saturated heterocycles. The number of amides is 2. The summed E-state index contributed by atoms with van der Waals surface area (Å²) >= 11 is 0. The third kappa shape index (κ3) is 4.50. The largest absolute Gasteiger partial charge is 0.356 e. The molecule has 0 aliphatic carbocycles. The first-order valence-corrected chi connectivity index (χ1v) is 7.90. The molecule has 0 unspecified atom stereocenters. The van der Waals surface area contributed by atoms with Crippen LogP contribution in [0.3, 0.4) is 0 Å². The van der Waals surface area contributed by atoms with Gasteiger partial charge in [0, 0.05) is 31.6 Å². The van der Waals surface area contributed by atoms with Gasteiger partial charge >= 0.3 is 0 Å². The monoisotopic (exact) mass is 324 g/mol. The summed E-state index contributed by atoms with van der Waals surface area (Å²) in [6.45, 7) is 5.16. The van der Waals surface area contributed by atoms with Crippen LogP contribution in [0, 0.1) is 23.5 Å². The van der Waals surface area contributed by atoms with Crippen LogP contribution in [0.2, 0.25) is 0 Å². The number of halogens is 2. The molecular formula is C17H22F2N2O2. The van der Waals surface area contributed by atoms with E-state index in [2.05, 4.69) is 5.32 Å². The van der Waals surface area contributed by atoms with Crippen molar-refractivity contribution >= 4 is 11.8 Å². The van der Waals surface area contributed by atoms with Gasteiger partial charge in [-0.15, -0.1) is 0 Å². The summed E-state index contributed by atoms with van der Waals surface area (Å²) in [6.07, 6.45) is 1.71. The van der Waals surface area contributed by atoms with Gasteiger partial charge in [0.25, 0.3) is 5.91 Å². The molecule has 1 fully saturated rings. The minimum atomic E-state index is -0.842. The molecule has 1 aliphatic rings. The van der Waals surface area contributed by atoms with E-state index in [1.54, 1.807) is 4.90 Å². The van der Waals surface area contributed by atoms with Crippen molar-refractivity contribution in [1.29, 1.82) is 0 Å². The van der Waals surface area contributed by atoms with Crippen LogP contribution < -0.4 is 5.32 Å². The molecule has 1 atom stereocenters. The van der Waals surface area contributed by atoms with E-state index in [0.29, 0.717) is 19.6 Å². The summed E-state index contributed by atoms with van der Waals surface area (Å²) in [5.74, 6) is -1.92. The van der Waals surface area contributed by atoms with Crippen molar-refractivity contribution in [2.24, 2.45) is 11.8 Å². The molecule has 1 heterocycles. The maximum absolute atomic E-state index is 13.8. The average molecular weight is 324 g/mol. The lowest BCUT2D eigenvalue weighted by atomic mass is 9.97. The van der Waals surface area contributed by atoms with E-state index in [4.69, 9.17) is 0 Å². The molecule has 1 aromatic carbocycles. The molecule has 1 N–H and O–H groups in total. The quantitative estimate of drug-likeness (QED) is 0.925. The first-order valence-electron chi connectivity index (χ1n) is 7.90. The third-order valence-electron chi connectivity index (χ3n) is 4.06. The highest BCUT2D eigenvalue weighted by atomic mass is 19.1. The Balaban J connectivity index is 1.97. The summed E-state index contributed by atoms with van der Waals surface area (Å²) in [7, 11) is 0. The topological polar surface area (TPSA) is 49.4 Å². The molecule has 1 aliphatic heterocycles. The van der Waals surface area contributed by atoms with Crippen molar-refractivity contribution in [3.8, 4) is 0 Å². The average Bonchev–Trinajstić information content (AvgIpc) is 2.52. The second kappa shape index (κ2) is 7.53. The van der Waals surface area contributed by atoms with Crippen LogP contribution in [0.5, 0.6) is 0 Å². The molecule has 0 radical (unpaired) electrons. The van der Waals surface area contributed by atoms with Gasteiger partial charge in [0.05, 0.1) is 5.56 Å². The minimum absolute atomic E-state index is 0.0157. The molecule has 0 saturated carbocycles. The van der Waals surface area contributed by atoms with Crippen molar-refractivity contribution in [3.05, 3.63) is 35.4 Å². The van der Waals surface area contributed by atoms with Crippen LogP contribution in [-0.4, -0.2) is 36.3 Å². The van der Waals surface area contributed by atoms with Gasteiger partial charge in [-0.2, -0.15) is 0 Å². The molecule has 2 amide bonds. The highest BCUT2D eigenvalue weighted by molar-refractivity contribution is 5.94. The number of piperidine rings is 1. The lowest BCUT2D eigenvalue weighted by Gasteiger charge is -2.33. The second-order valence-corrected chi connectivity index (χ2v) is 6.28. The fourth-order valence-electron chi connectivity index (χ4n) is 2.70. The lowest BCUT2D eigenvalue weighted by molar-refractivity contribution is -0.124. The van der Waals surface area contributed by atoms with E-state index < -0.39 is 17.5 Å². The van der Waals surface area contributed by atoms with Gasteiger partial charge in [-0.3, -0.25) is 9.59 Å². The van der Waals surface area contributed by atoms with Crippen LogP contribution in [0.4, 0.5) is 8.78 Å². The van der Waals surface area contributed by atoms with Gasteiger partial charge in [0.2, 0.25) is 5.91 Å². The Morgan fingerprint density at radius 1 is 1.35 bits per heavy atom. The van der Waals surface area contributed by atoms with E-state index in [1.807, 2.05) is 13.8 Å². The zero-order valence-electron chi connectivity index (χ0n) is 13.4. The van der Waals surface area contributed by atoms with Crippen LogP contribution in [0.25, 0.3) is 0 Å². The van der Waals surface area contributed by atoms with Crippen LogP contribution in [0.15, 0.2) is 18.2 Å². The smallest absolute Gasteiger partial charge is 0.256 e. The second-order valence-electron chi connectivity index (χ2n) is 6.28. The van der Waals surface area contributed by atoms with Crippen LogP contribution in [-0.2, 0) is 4.79 Å². The van der Waals surface area contributed by atoms with Crippen molar-refractivity contribution in [2.45, 2.75) is 26.7 Å². The van der Waals surface area contributed by atoms with Crippen molar-refractivity contribution in [1.82, 2.24) is 10.2 Å². The SMILES string of the molecule is CC(C)C(=O)NC[C@H]1CCCN(C(=O)c2ccc(F)cc2F)C1. The number of carbonyl (C=O) groups is 2. The molecule has 6 heteroatoms. The Hall–Kier alpha value is -1.98. The zero-order valence-corrected chi connectivity index (χ0v) is 13.4. The van der Waals surface area contributed by atoms with E-state index in [0.717, 1.165) is 25.0 Å². The zero-order chi connectivity index (χ0) is 17.0. The number of rotatable bonds is 4. The molecule has 4 nitrogen and oxygen atoms in total. The van der Waals surface area contributed by atoms with E-state index in [-0.39, 0.29) is 23.3 Å². The Bertz CT molecular complexity index is 590. The predicted molar refractivity (Wildman–Crippen MR) is 82.8 cm³/mol. The van der Waals surface area contributed by atoms with Crippen molar-refractivity contribution in [3.63, 3.8) is 0 Å². The molecule has 2 rings (SSSR count). The summed E-state index contributed by atoms with van der Waals surface area (Å²) in [5.41, 5.74) is -0.113. The molecule has 0 aromatic heterocycles. The molecule has 0 bridgehead atoms. The number of benzene rings is 1. The summed E-state index contributed by atoms with van der Waals surface area (Å²) in [6, 6.07) is 2.98. The van der Waals surface area contributed by atoms with Crippen LogP contribution >= 0.6 is 0 Å². The highest BCUT2D eigenvalue weighted by Gasteiger charge is 2.26. The van der Waals surface area contributed by atoms with Crippen molar-refractivity contribution < 1.29 is 18.4 Å². The van der Waals surface area contributed by atoms with E-state index >= 15 is 0 Å². The molecule has 0 spiro atoms. The number of hydrogen-bond donors (Lipinski definition) is 1. The molecule has 23 heavy (non-hydrogen) atoms. The summed E-state index contributed by atoms with van der Waals surface area (Å²) in [4.78, 5) is 25.6. The first-order chi connectivity index (χ1) is 10.9.